The van der Waals surface area contributed by atoms with Crippen LogP contribution in [0.3, 0.4) is 0 Å². The molecule has 0 saturated carbocycles. The van der Waals surface area contributed by atoms with E-state index in [-0.39, 0.29) is 23.8 Å². The van der Waals surface area contributed by atoms with Gasteiger partial charge in [-0.05, 0) is 50.0 Å². The summed E-state index contributed by atoms with van der Waals surface area (Å²) in [6, 6.07) is 10.5. The van der Waals surface area contributed by atoms with Crippen LogP contribution in [0.4, 0.5) is 0 Å². The van der Waals surface area contributed by atoms with E-state index in [1.54, 1.807) is 0 Å². The third-order valence-corrected chi connectivity index (χ3v) is 6.21. The molecule has 1 N–H and O–H groups in total. The van der Waals surface area contributed by atoms with Crippen molar-refractivity contribution in [3.05, 3.63) is 48.0 Å². The standard InChI is InChI=1S/C26H39NO4/c1-21(11-10-14-22-12-6-5-7-13-22)24(28)18-16-23-17-19-25(29)27(23)20-9-4-3-8-15-26(30)31-2/h5-7,12-13,16,18,21,23-24,28H,3-4,8-11,14-15,17,19-20H2,1-2H3/t21-,23+,24-/m1/s1. The Kier molecular flexibility index (Phi) is 11.4. The lowest BCUT2D eigenvalue weighted by atomic mass is 9.95. The molecule has 1 fully saturated rings. The number of esters is 1. The molecule has 1 amide bonds. The summed E-state index contributed by atoms with van der Waals surface area (Å²) in [5.74, 6) is 0.239. The molecule has 0 radical (unpaired) electrons. The molecule has 3 atom stereocenters. The number of aliphatic hydroxyl groups is 1. The molecule has 0 unspecified atom stereocenters. The Labute approximate surface area is 187 Å². The van der Waals surface area contributed by atoms with Gasteiger partial charge in [-0.3, -0.25) is 9.59 Å². The first kappa shape index (κ1) is 25.1. The number of rotatable bonds is 14. The van der Waals surface area contributed by atoms with Gasteiger partial charge in [0.05, 0.1) is 19.3 Å². The molecule has 1 aliphatic heterocycles. The van der Waals surface area contributed by atoms with Crippen molar-refractivity contribution in [2.45, 2.75) is 83.3 Å². The second kappa shape index (κ2) is 14.0. The van der Waals surface area contributed by atoms with Gasteiger partial charge < -0.3 is 14.7 Å². The molecule has 0 aromatic heterocycles. The summed E-state index contributed by atoms with van der Waals surface area (Å²) >= 11 is 0. The molecule has 1 heterocycles. The van der Waals surface area contributed by atoms with Crippen LogP contribution in [0.15, 0.2) is 42.5 Å². The van der Waals surface area contributed by atoms with Crippen LogP contribution in [0.1, 0.15) is 70.3 Å². The van der Waals surface area contributed by atoms with Crippen LogP contribution in [-0.2, 0) is 20.7 Å². The zero-order chi connectivity index (χ0) is 22.5. The predicted molar refractivity (Wildman–Crippen MR) is 124 cm³/mol. The molecule has 1 aliphatic rings. The van der Waals surface area contributed by atoms with Gasteiger partial charge >= 0.3 is 5.97 Å². The summed E-state index contributed by atoms with van der Waals surface area (Å²) in [7, 11) is 1.41. The van der Waals surface area contributed by atoms with Crippen molar-refractivity contribution in [2.75, 3.05) is 13.7 Å². The van der Waals surface area contributed by atoms with Gasteiger partial charge in [-0.15, -0.1) is 0 Å². The second-order valence-corrected chi connectivity index (χ2v) is 8.66. The van der Waals surface area contributed by atoms with Gasteiger partial charge in [-0.1, -0.05) is 62.2 Å². The van der Waals surface area contributed by atoms with E-state index in [0.29, 0.717) is 12.8 Å². The average molecular weight is 430 g/mol. The highest BCUT2D eigenvalue weighted by Crippen LogP contribution is 2.22. The highest BCUT2D eigenvalue weighted by atomic mass is 16.5. The van der Waals surface area contributed by atoms with Crippen LogP contribution < -0.4 is 0 Å². The number of carbonyl (C=O) groups excluding carboxylic acids is 2. The number of aliphatic hydroxyl groups excluding tert-OH is 1. The first-order chi connectivity index (χ1) is 15.0. The molecule has 1 aromatic carbocycles. The molecular formula is C26H39NO4. The van der Waals surface area contributed by atoms with Crippen LogP contribution in [0, 0.1) is 5.92 Å². The third kappa shape index (κ3) is 9.26. The predicted octanol–water partition coefficient (Wildman–Crippen LogP) is 4.68. The van der Waals surface area contributed by atoms with E-state index in [1.807, 2.05) is 23.1 Å². The van der Waals surface area contributed by atoms with E-state index in [2.05, 4.69) is 35.9 Å². The lowest BCUT2D eigenvalue weighted by Gasteiger charge is -2.23. The van der Waals surface area contributed by atoms with Gasteiger partial charge in [0, 0.05) is 19.4 Å². The maximum absolute atomic E-state index is 12.3. The van der Waals surface area contributed by atoms with E-state index in [0.717, 1.165) is 57.9 Å². The summed E-state index contributed by atoms with van der Waals surface area (Å²) in [6.45, 7) is 2.83. The Hall–Kier alpha value is -2.14. The van der Waals surface area contributed by atoms with E-state index in [4.69, 9.17) is 0 Å². The molecule has 2 rings (SSSR count). The number of hydrogen-bond acceptors (Lipinski definition) is 4. The number of aryl methyl sites for hydroxylation is 1. The molecule has 5 heteroatoms. The van der Waals surface area contributed by atoms with Crippen LogP contribution in [0.5, 0.6) is 0 Å². The summed E-state index contributed by atoms with van der Waals surface area (Å²) in [5.41, 5.74) is 1.34. The first-order valence-electron chi connectivity index (χ1n) is 11.8. The SMILES string of the molecule is COC(=O)CCCCCCN1C(=O)CC[C@@H]1C=C[C@@H](O)[C@H](C)CCCc1ccccc1. The topological polar surface area (TPSA) is 66.8 Å². The molecule has 172 valence electrons. The van der Waals surface area contributed by atoms with Crippen molar-refractivity contribution in [3.63, 3.8) is 0 Å². The lowest BCUT2D eigenvalue weighted by molar-refractivity contribution is -0.140. The Morgan fingerprint density at radius 2 is 1.94 bits per heavy atom. The van der Waals surface area contributed by atoms with Crippen LogP contribution in [0.25, 0.3) is 0 Å². The van der Waals surface area contributed by atoms with Crippen molar-refractivity contribution < 1.29 is 19.4 Å². The first-order valence-corrected chi connectivity index (χ1v) is 11.8. The minimum Gasteiger partial charge on any atom is -0.469 e. The molecular weight excluding hydrogens is 390 g/mol. The monoisotopic (exact) mass is 429 g/mol. The third-order valence-electron chi connectivity index (χ3n) is 6.21. The molecule has 0 bridgehead atoms. The maximum Gasteiger partial charge on any atom is 0.305 e. The molecule has 0 spiro atoms. The summed E-state index contributed by atoms with van der Waals surface area (Å²) in [5, 5.41) is 10.5. The number of hydrogen-bond donors (Lipinski definition) is 1. The minimum atomic E-state index is -0.480. The number of unbranched alkanes of at least 4 members (excludes halogenated alkanes) is 3. The fraction of sp³-hybridized carbons (Fsp3) is 0.615. The number of ether oxygens (including phenoxy) is 1. The fourth-order valence-electron chi connectivity index (χ4n) is 4.13. The Morgan fingerprint density at radius 1 is 1.19 bits per heavy atom. The zero-order valence-corrected chi connectivity index (χ0v) is 19.2. The smallest absolute Gasteiger partial charge is 0.305 e. The summed E-state index contributed by atoms with van der Waals surface area (Å²) < 4.78 is 4.65. The zero-order valence-electron chi connectivity index (χ0n) is 19.2. The van der Waals surface area contributed by atoms with Crippen LogP contribution in [0.2, 0.25) is 0 Å². The fourth-order valence-corrected chi connectivity index (χ4v) is 4.13. The summed E-state index contributed by atoms with van der Waals surface area (Å²) in [4.78, 5) is 25.3. The Bertz CT molecular complexity index is 688. The van der Waals surface area contributed by atoms with Crippen LogP contribution in [-0.4, -0.2) is 47.7 Å². The largest absolute Gasteiger partial charge is 0.469 e. The quantitative estimate of drug-likeness (QED) is 0.265. The molecule has 1 aromatic rings. The van der Waals surface area contributed by atoms with Gasteiger partial charge in [0.15, 0.2) is 0 Å². The van der Waals surface area contributed by atoms with Crippen molar-refractivity contribution in [1.82, 2.24) is 4.90 Å². The van der Waals surface area contributed by atoms with Gasteiger partial charge in [0.1, 0.15) is 0 Å². The van der Waals surface area contributed by atoms with Crippen molar-refractivity contribution in [3.8, 4) is 0 Å². The van der Waals surface area contributed by atoms with E-state index < -0.39 is 6.10 Å². The highest BCUT2D eigenvalue weighted by molar-refractivity contribution is 5.79. The molecule has 1 saturated heterocycles. The van der Waals surface area contributed by atoms with Crippen molar-refractivity contribution >= 4 is 11.9 Å². The number of likely N-dealkylation sites (tertiary alicyclic amines) is 1. The van der Waals surface area contributed by atoms with Gasteiger partial charge in [0.25, 0.3) is 0 Å². The maximum atomic E-state index is 12.3. The number of amides is 1. The molecule has 31 heavy (non-hydrogen) atoms. The normalized spacial score (nSPS) is 18.5. The van der Waals surface area contributed by atoms with Crippen molar-refractivity contribution in [1.29, 1.82) is 0 Å². The number of carbonyl (C=O) groups is 2. The Morgan fingerprint density at radius 3 is 2.68 bits per heavy atom. The Balaban J connectivity index is 1.68. The second-order valence-electron chi connectivity index (χ2n) is 8.66. The molecule has 5 nitrogen and oxygen atoms in total. The minimum absolute atomic E-state index is 0.0914. The van der Waals surface area contributed by atoms with Gasteiger partial charge in [0.2, 0.25) is 5.91 Å². The lowest BCUT2D eigenvalue weighted by Crippen LogP contribution is -2.33. The van der Waals surface area contributed by atoms with E-state index >= 15 is 0 Å². The van der Waals surface area contributed by atoms with E-state index in [1.165, 1.54) is 12.7 Å². The van der Waals surface area contributed by atoms with E-state index in [9.17, 15) is 14.7 Å². The van der Waals surface area contributed by atoms with Gasteiger partial charge in [-0.25, -0.2) is 0 Å². The summed E-state index contributed by atoms with van der Waals surface area (Å²) in [6.07, 6.45) is 12.1. The van der Waals surface area contributed by atoms with Crippen molar-refractivity contribution in [2.24, 2.45) is 5.92 Å². The number of benzene rings is 1. The van der Waals surface area contributed by atoms with Gasteiger partial charge in [-0.2, -0.15) is 0 Å². The number of nitrogens with zero attached hydrogens (tertiary/aromatic N) is 1. The van der Waals surface area contributed by atoms with Crippen LogP contribution >= 0.6 is 0 Å². The highest BCUT2D eigenvalue weighted by Gasteiger charge is 2.28. The average Bonchev–Trinajstić information content (AvgIpc) is 3.14. The number of methoxy groups -OCH3 is 1. The molecule has 0 aliphatic carbocycles.